The van der Waals surface area contributed by atoms with Gasteiger partial charge < -0.3 is 4.74 Å². The molecule has 2 aliphatic rings. The first-order valence-electron chi connectivity index (χ1n) is 18.0. The normalized spacial score (nSPS) is 15.5. The first-order chi connectivity index (χ1) is 26.2. The van der Waals surface area contributed by atoms with Crippen molar-refractivity contribution >= 4 is 10.8 Å². The maximum Gasteiger partial charge on any atom is 0.164 e. The van der Waals surface area contributed by atoms with Crippen LogP contribution in [0.25, 0.3) is 78.3 Å². The standard InChI is InChI=1S/C49H33N3O/c1-4-15-33(16-5-1)40-27-26-38(29-42(40)34-17-6-2-7-18-34)48-50-47(35-19-8-3-9-20-35)51-49(52-48)43-30-39(37-25-24-32-14-10-11-21-36(32)28-37)31-45-46(43)41-22-12-13-23-44(41)53-45/h1-31,41,44H. The summed E-state index contributed by atoms with van der Waals surface area (Å²) in [5.41, 5.74) is 10.6. The molecule has 0 N–H and O–H groups in total. The smallest absolute Gasteiger partial charge is 0.164 e. The Morgan fingerprint density at radius 2 is 0.962 bits per heavy atom. The van der Waals surface area contributed by atoms with E-state index in [4.69, 9.17) is 19.7 Å². The number of allylic oxidation sites excluding steroid dienone is 2. The molecule has 8 aromatic rings. The molecule has 0 bridgehead atoms. The van der Waals surface area contributed by atoms with Crippen LogP contribution in [0.4, 0.5) is 0 Å². The zero-order valence-electron chi connectivity index (χ0n) is 28.8. The highest BCUT2D eigenvalue weighted by molar-refractivity contribution is 5.90. The van der Waals surface area contributed by atoms with Crippen molar-refractivity contribution in [1.29, 1.82) is 0 Å². The molecule has 1 aliphatic carbocycles. The highest BCUT2D eigenvalue weighted by Crippen LogP contribution is 2.48. The molecule has 2 atom stereocenters. The van der Waals surface area contributed by atoms with Crippen molar-refractivity contribution in [2.24, 2.45) is 0 Å². The van der Waals surface area contributed by atoms with Crippen LogP contribution < -0.4 is 4.74 Å². The number of benzene rings is 7. The van der Waals surface area contributed by atoms with E-state index in [2.05, 4.69) is 170 Å². The molecular formula is C49H33N3O. The van der Waals surface area contributed by atoms with Gasteiger partial charge >= 0.3 is 0 Å². The molecule has 0 saturated heterocycles. The van der Waals surface area contributed by atoms with Gasteiger partial charge in [-0.15, -0.1) is 0 Å². The van der Waals surface area contributed by atoms with E-state index in [1.807, 2.05) is 18.2 Å². The lowest BCUT2D eigenvalue weighted by molar-refractivity contribution is 0.269. The Labute approximate surface area is 308 Å². The van der Waals surface area contributed by atoms with Gasteiger partial charge in [-0.1, -0.05) is 158 Å². The van der Waals surface area contributed by atoms with Crippen LogP contribution in [0, 0.1) is 0 Å². The van der Waals surface area contributed by atoms with Gasteiger partial charge in [-0.2, -0.15) is 0 Å². The molecule has 4 heteroatoms. The molecule has 0 amide bonds. The summed E-state index contributed by atoms with van der Waals surface area (Å²) in [7, 11) is 0. The molecule has 1 aromatic heterocycles. The minimum Gasteiger partial charge on any atom is -0.485 e. The molecular weight excluding hydrogens is 647 g/mol. The van der Waals surface area contributed by atoms with Gasteiger partial charge in [0, 0.05) is 28.2 Å². The molecule has 53 heavy (non-hydrogen) atoms. The minimum atomic E-state index is -0.0885. The Morgan fingerprint density at radius 3 is 1.72 bits per heavy atom. The predicted molar refractivity (Wildman–Crippen MR) is 215 cm³/mol. The predicted octanol–water partition coefficient (Wildman–Crippen LogP) is 12.0. The average Bonchev–Trinajstić information content (AvgIpc) is 3.62. The highest BCUT2D eigenvalue weighted by Gasteiger charge is 2.36. The van der Waals surface area contributed by atoms with Gasteiger partial charge in [-0.05, 0) is 74.5 Å². The Balaban J connectivity index is 1.20. The first kappa shape index (κ1) is 30.9. The van der Waals surface area contributed by atoms with Gasteiger partial charge in [0.1, 0.15) is 11.9 Å². The van der Waals surface area contributed by atoms with E-state index < -0.39 is 0 Å². The fourth-order valence-corrected chi connectivity index (χ4v) is 7.65. The molecule has 0 radical (unpaired) electrons. The zero-order chi connectivity index (χ0) is 35.1. The van der Waals surface area contributed by atoms with Crippen molar-refractivity contribution in [2.75, 3.05) is 0 Å². The van der Waals surface area contributed by atoms with Crippen molar-refractivity contribution < 1.29 is 4.74 Å². The lowest BCUT2D eigenvalue weighted by atomic mass is 9.86. The van der Waals surface area contributed by atoms with Crippen molar-refractivity contribution in [3.05, 3.63) is 194 Å². The second kappa shape index (κ2) is 13.0. The van der Waals surface area contributed by atoms with E-state index in [0.29, 0.717) is 17.5 Å². The van der Waals surface area contributed by atoms with Crippen LogP contribution in [0.2, 0.25) is 0 Å². The van der Waals surface area contributed by atoms with Crippen LogP contribution in [0.5, 0.6) is 5.75 Å². The summed E-state index contributed by atoms with van der Waals surface area (Å²) in [6.45, 7) is 0. The van der Waals surface area contributed by atoms with Gasteiger partial charge in [0.05, 0.1) is 0 Å². The maximum absolute atomic E-state index is 6.66. The molecule has 2 unspecified atom stereocenters. The average molecular weight is 680 g/mol. The Morgan fingerprint density at radius 1 is 0.377 bits per heavy atom. The summed E-state index contributed by atoms with van der Waals surface area (Å²) in [5, 5.41) is 2.40. The van der Waals surface area contributed by atoms with Crippen LogP contribution in [-0.4, -0.2) is 21.1 Å². The van der Waals surface area contributed by atoms with E-state index in [0.717, 1.165) is 61.4 Å². The van der Waals surface area contributed by atoms with E-state index in [1.54, 1.807) is 0 Å². The van der Waals surface area contributed by atoms with E-state index in [9.17, 15) is 0 Å². The van der Waals surface area contributed by atoms with E-state index in [1.165, 1.54) is 10.8 Å². The number of fused-ring (bicyclic) bond motifs is 4. The first-order valence-corrected chi connectivity index (χ1v) is 18.0. The molecule has 4 nitrogen and oxygen atoms in total. The summed E-state index contributed by atoms with van der Waals surface area (Å²) in [5.74, 6) is 2.77. The molecule has 10 rings (SSSR count). The number of hydrogen-bond donors (Lipinski definition) is 0. The summed E-state index contributed by atoms with van der Waals surface area (Å²) in [6.07, 6.45) is 8.44. The summed E-state index contributed by atoms with van der Waals surface area (Å²) >= 11 is 0. The number of ether oxygens (including phenoxy) is 1. The molecule has 1 aliphatic heterocycles. The number of hydrogen-bond acceptors (Lipinski definition) is 4. The molecule has 0 spiro atoms. The van der Waals surface area contributed by atoms with Crippen LogP contribution in [0.3, 0.4) is 0 Å². The zero-order valence-corrected chi connectivity index (χ0v) is 28.8. The van der Waals surface area contributed by atoms with Gasteiger partial charge in [-0.3, -0.25) is 0 Å². The summed E-state index contributed by atoms with van der Waals surface area (Å²) in [4.78, 5) is 15.7. The quantitative estimate of drug-likeness (QED) is 0.175. The second-order valence-corrected chi connectivity index (χ2v) is 13.5. The Hall–Kier alpha value is -6.91. The summed E-state index contributed by atoms with van der Waals surface area (Å²) < 4.78 is 6.66. The SMILES string of the molecule is C1=CC2Oc3cc(-c4ccc5ccccc5c4)cc(-c4nc(-c5ccccc5)nc(-c5ccc(-c6ccccc6)c(-c6ccccc6)c5)n4)c3C2C=C1. The molecule has 2 heterocycles. The van der Waals surface area contributed by atoms with Crippen molar-refractivity contribution in [2.45, 2.75) is 12.0 Å². The number of nitrogens with zero attached hydrogens (tertiary/aromatic N) is 3. The third kappa shape index (κ3) is 5.71. The van der Waals surface area contributed by atoms with Crippen LogP contribution in [0.1, 0.15) is 11.5 Å². The molecule has 7 aromatic carbocycles. The molecule has 0 fully saturated rings. The van der Waals surface area contributed by atoms with Crippen molar-refractivity contribution in [1.82, 2.24) is 15.0 Å². The minimum absolute atomic E-state index is 0.0471. The Kier molecular flexibility index (Phi) is 7.58. The third-order valence-corrected chi connectivity index (χ3v) is 10.3. The monoisotopic (exact) mass is 679 g/mol. The lowest BCUT2D eigenvalue weighted by Crippen LogP contribution is -2.16. The van der Waals surface area contributed by atoms with Gasteiger partial charge in [0.2, 0.25) is 0 Å². The topological polar surface area (TPSA) is 47.9 Å². The lowest BCUT2D eigenvalue weighted by Gasteiger charge is -2.17. The van der Waals surface area contributed by atoms with Crippen molar-refractivity contribution in [3.8, 4) is 73.3 Å². The third-order valence-electron chi connectivity index (χ3n) is 10.3. The maximum atomic E-state index is 6.66. The van der Waals surface area contributed by atoms with Gasteiger partial charge in [0.15, 0.2) is 17.5 Å². The largest absolute Gasteiger partial charge is 0.485 e. The number of rotatable bonds is 6. The van der Waals surface area contributed by atoms with E-state index >= 15 is 0 Å². The van der Waals surface area contributed by atoms with Gasteiger partial charge in [0.25, 0.3) is 0 Å². The molecule has 250 valence electrons. The van der Waals surface area contributed by atoms with Crippen molar-refractivity contribution in [3.63, 3.8) is 0 Å². The molecule has 0 saturated carbocycles. The fourth-order valence-electron chi connectivity index (χ4n) is 7.65. The van der Waals surface area contributed by atoms with Crippen LogP contribution in [-0.2, 0) is 0 Å². The Bertz CT molecular complexity index is 2700. The van der Waals surface area contributed by atoms with Gasteiger partial charge in [-0.25, -0.2) is 15.0 Å². The fraction of sp³-hybridized carbons (Fsp3) is 0.0408. The van der Waals surface area contributed by atoms with Crippen LogP contribution >= 0.6 is 0 Å². The highest BCUT2D eigenvalue weighted by atomic mass is 16.5. The van der Waals surface area contributed by atoms with E-state index in [-0.39, 0.29) is 12.0 Å². The number of aromatic nitrogens is 3. The van der Waals surface area contributed by atoms with Crippen LogP contribution in [0.15, 0.2) is 188 Å². The second-order valence-electron chi connectivity index (χ2n) is 13.5. The summed E-state index contributed by atoms with van der Waals surface area (Å²) in [6, 6.07) is 57.3.